The number of piperazine rings is 1. The summed E-state index contributed by atoms with van der Waals surface area (Å²) in [4.78, 5) is 29.3. The van der Waals surface area contributed by atoms with Gasteiger partial charge in [-0.05, 0) is 44.2 Å². The molecule has 1 heterocycles. The molecule has 7 heteroatoms. The summed E-state index contributed by atoms with van der Waals surface area (Å²) in [6.07, 6.45) is 0. The normalized spacial score (nSPS) is 14.3. The monoisotopic (exact) mass is 394 g/mol. The highest BCUT2D eigenvalue weighted by Crippen LogP contribution is 2.25. The van der Waals surface area contributed by atoms with Gasteiger partial charge in [-0.15, -0.1) is 0 Å². The van der Waals surface area contributed by atoms with Crippen molar-refractivity contribution in [1.82, 2.24) is 4.90 Å². The maximum Gasteiger partial charge on any atom is 0.239 e. The first kappa shape index (κ1) is 20.3. The molecule has 1 aliphatic rings. The molecule has 29 heavy (non-hydrogen) atoms. The number of nitriles is 1. The molecule has 1 aliphatic heterocycles. The predicted octanol–water partition coefficient (Wildman–Crippen LogP) is 3.01. The first-order valence-corrected chi connectivity index (χ1v) is 9.43. The van der Waals surface area contributed by atoms with Crippen molar-refractivity contribution in [2.24, 2.45) is 5.41 Å². The Balaban J connectivity index is 1.64. The van der Waals surface area contributed by atoms with Crippen LogP contribution in [0.15, 0.2) is 48.5 Å². The molecule has 2 amide bonds. The summed E-state index contributed by atoms with van der Waals surface area (Å²) >= 11 is 0. The Kier molecular flexibility index (Phi) is 5.83. The van der Waals surface area contributed by atoms with E-state index in [2.05, 4.69) is 5.32 Å². The fourth-order valence-corrected chi connectivity index (χ4v) is 3.30. The summed E-state index contributed by atoms with van der Waals surface area (Å²) in [7, 11) is 0. The second-order valence-corrected chi connectivity index (χ2v) is 7.50. The molecule has 0 unspecified atom stereocenters. The van der Waals surface area contributed by atoms with Crippen molar-refractivity contribution in [3.63, 3.8) is 0 Å². The van der Waals surface area contributed by atoms with Gasteiger partial charge < -0.3 is 15.1 Å². The van der Waals surface area contributed by atoms with Gasteiger partial charge in [-0.2, -0.15) is 5.26 Å². The number of para-hydroxylation sites is 1. The largest absolute Gasteiger partial charge is 0.366 e. The lowest BCUT2D eigenvalue weighted by Gasteiger charge is -2.39. The molecule has 1 saturated heterocycles. The van der Waals surface area contributed by atoms with E-state index < -0.39 is 11.3 Å². The third-order valence-corrected chi connectivity index (χ3v) is 5.11. The van der Waals surface area contributed by atoms with Crippen LogP contribution in [0, 0.1) is 22.6 Å². The minimum absolute atomic E-state index is 0.278. The van der Waals surface area contributed by atoms with E-state index in [-0.39, 0.29) is 11.7 Å². The predicted molar refractivity (Wildman–Crippen MR) is 109 cm³/mol. The second-order valence-electron chi connectivity index (χ2n) is 7.50. The van der Waals surface area contributed by atoms with Gasteiger partial charge in [-0.3, -0.25) is 9.59 Å². The highest BCUT2D eigenvalue weighted by atomic mass is 19.1. The van der Waals surface area contributed by atoms with Crippen molar-refractivity contribution in [3.8, 4) is 6.07 Å². The minimum Gasteiger partial charge on any atom is -0.366 e. The van der Waals surface area contributed by atoms with Crippen LogP contribution in [0.3, 0.4) is 0 Å². The van der Waals surface area contributed by atoms with Crippen molar-refractivity contribution in [2.75, 3.05) is 36.4 Å². The molecule has 0 aliphatic carbocycles. The first-order valence-electron chi connectivity index (χ1n) is 9.43. The van der Waals surface area contributed by atoms with E-state index in [1.807, 2.05) is 11.0 Å². The maximum absolute atomic E-state index is 14.0. The van der Waals surface area contributed by atoms with Gasteiger partial charge >= 0.3 is 0 Å². The molecule has 0 atom stereocenters. The molecule has 0 bridgehead atoms. The lowest BCUT2D eigenvalue weighted by molar-refractivity contribution is -0.146. The van der Waals surface area contributed by atoms with E-state index in [9.17, 15) is 14.0 Å². The number of amides is 2. The van der Waals surface area contributed by atoms with Gasteiger partial charge in [0.15, 0.2) is 0 Å². The quantitative estimate of drug-likeness (QED) is 0.809. The number of anilines is 2. The molecular formula is C22H23FN4O2. The van der Waals surface area contributed by atoms with Crippen LogP contribution in [0.1, 0.15) is 19.4 Å². The number of rotatable bonds is 4. The van der Waals surface area contributed by atoms with Crippen LogP contribution < -0.4 is 10.2 Å². The number of carbonyl (C=O) groups is 2. The summed E-state index contributed by atoms with van der Waals surface area (Å²) in [6, 6.07) is 15.1. The molecule has 2 aromatic rings. The van der Waals surface area contributed by atoms with Crippen molar-refractivity contribution in [3.05, 3.63) is 59.9 Å². The molecule has 1 fully saturated rings. The summed E-state index contributed by atoms with van der Waals surface area (Å²) < 4.78 is 14.0. The molecule has 6 nitrogen and oxygen atoms in total. The highest BCUT2D eigenvalue weighted by Gasteiger charge is 2.40. The summed E-state index contributed by atoms with van der Waals surface area (Å²) in [6.45, 7) is 4.98. The van der Waals surface area contributed by atoms with Crippen LogP contribution in [0.2, 0.25) is 0 Å². The Bertz CT molecular complexity index is 959. The van der Waals surface area contributed by atoms with E-state index in [4.69, 9.17) is 5.26 Å². The van der Waals surface area contributed by atoms with Gasteiger partial charge in [0.05, 0.1) is 17.3 Å². The summed E-state index contributed by atoms with van der Waals surface area (Å²) in [5.74, 6) is -1.000. The zero-order valence-electron chi connectivity index (χ0n) is 16.5. The number of carbonyl (C=O) groups excluding carboxylic acids is 2. The smallest absolute Gasteiger partial charge is 0.239 e. The molecule has 3 rings (SSSR count). The van der Waals surface area contributed by atoms with Crippen molar-refractivity contribution >= 4 is 23.2 Å². The van der Waals surface area contributed by atoms with E-state index in [0.29, 0.717) is 43.1 Å². The molecule has 2 aromatic carbocycles. The molecule has 1 N–H and O–H groups in total. The Morgan fingerprint density at radius 2 is 1.76 bits per heavy atom. The molecule has 150 valence electrons. The Hall–Kier alpha value is -3.40. The van der Waals surface area contributed by atoms with Gasteiger partial charge in [0.1, 0.15) is 11.2 Å². The van der Waals surface area contributed by atoms with Crippen LogP contribution in [-0.2, 0) is 9.59 Å². The topological polar surface area (TPSA) is 76.4 Å². The number of halogens is 1. The number of benzene rings is 2. The SMILES string of the molecule is CC(C)(C(=O)Nc1cccc(C#N)c1)C(=O)N1CCN(c2ccccc2F)CC1. The van der Waals surface area contributed by atoms with E-state index >= 15 is 0 Å². The fourth-order valence-electron chi connectivity index (χ4n) is 3.30. The second kappa shape index (κ2) is 8.31. The molecule has 0 spiro atoms. The van der Waals surface area contributed by atoms with Crippen LogP contribution in [0.4, 0.5) is 15.8 Å². The van der Waals surface area contributed by atoms with Crippen LogP contribution in [-0.4, -0.2) is 42.9 Å². The number of hydrogen-bond acceptors (Lipinski definition) is 4. The van der Waals surface area contributed by atoms with Gasteiger partial charge in [-0.1, -0.05) is 18.2 Å². The zero-order valence-corrected chi connectivity index (χ0v) is 16.5. The number of nitrogens with zero attached hydrogens (tertiary/aromatic N) is 3. The summed E-state index contributed by atoms with van der Waals surface area (Å²) in [5.41, 5.74) is 0.146. The minimum atomic E-state index is -1.27. The molecular weight excluding hydrogens is 371 g/mol. The first-order chi connectivity index (χ1) is 13.8. The Labute approximate surface area is 169 Å². The Morgan fingerprint density at radius 3 is 2.41 bits per heavy atom. The number of nitrogens with one attached hydrogen (secondary N) is 1. The van der Waals surface area contributed by atoms with Crippen molar-refractivity contribution < 1.29 is 14.0 Å². The maximum atomic E-state index is 14.0. The van der Waals surface area contributed by atoms with Crippen LogP contribution >= 0.6 is 0 Å². The van der Waals surface area contributed by atoms with E-state index in [1.165, 1.54) is 6.07 Å². The zero-order chi connectivity index (χ0) is 21.0. The third-order valence-electron chi connectivity index (χ3n) is 5.11. The fraction of sp³-hybridized carbons (Fsp3) is 0.318. The van der Waals surface area contributed by atoms with E-state index in [1.54, 1.807) is 61.2 Å². The highest BCUT2D eigenvalue weighted by molar-refractivity contribution is 6.09. The molecule has 0 saturated carbocycles. The van der Waals surface area contributed by atoms with Crippen LogP contribution in [0.5, 0.6) is 0 Å². The van der Waals surface area contributed by atoms with Crippen molar-refractivity contribution in [1.29, 1.82) is 5.26 Å². The molecule has 0 radical (unpaired) electrons. The van der Waals surface area contributed by atoms with Gasteiger partial charge in [0, 0.05) is 31.9 Å². The van der Waals surface area contributed by atoms with E-state index in [0.717, 1.165) is 0 Å². The number of hydrogen-bond donors (Lipinski definition) is 1. The average molecular weight is 394 g/mol. The standard InChI is InChI=1S/C22H23FN4O2/c1-22(2,20(28)25-17-7-5-6-16(14-17)15-24)21(29)27-12-10-26(11-13-27)19-9-4-3-8-18(19)23/h3-9,14H,10-13H2,1-2H3,(H,25,28). The Morgan fingerprint density at radius 1 is 1.07 bits per heavy atom. The summed E-state index contributed by atoms with van der Waals surface area (Å²) in [5, 5.41) is 11.7. The van der Waals surface area contributed by atoms with Crippen molar-refractivity contribution in [2.45, 2.75) is 13.8 Å². The van der Waals surface area contributed by atoms with Gasteiger partial charge in [0.2, 0.25) is 11.8 Å². The van der Waals surface area contributed by atoms with Gasteiger partial charge in [-0.25, -0.2) is 4.39 Å². The average Bonchev–Trinajstić information content (AvgIpc) is 2.73. The lowest BCUT2D eigenvalue weighted by atomic mass is 9.89. The molecule has 0 aromatic heterocycles. The lowest BCUT2D eigenvalue weighted by Crippen LogP contribution is -2.54. The van der Waals surface area contributed by atoms with Crippen LogP contribution in [0.25, 0.3) is 0 Å². The third kappa shape index (κ3) is 4.37. The van der Waals surface area contributed by atoms with Gasteiger partial charge in [0.25, 0.3) is 0 Å².